The Morgan fingerprint density at radius 3 is 2.75 bits per heavy atom. The van der Waals surface area contributed by atoms with Crippen molar-refractivity contribution in [1.82, 2.24) is 15.5 Å². The average Bonchev–Trinajstić information content (AvgIpc) is 3.48. The van der Waals surface area contributed by atoms with E-state index in [4.69, 9.17) is 9.47 Å². The molecule has 3 aliphatic rings. The van der Waals surface area contributed by atoms with E-state index in [1.165, 1.54) is 12.5 Å². The molecule has 2 heterocycles. The van der Waals surface area contributed by atoms with Crippen molar-refractivity contribution in [2.24, 2.45) is 0 Å². The number of epoxide rings is 1. The highest BCUT2D eigenvalue weighted by molar-refractivity contribution is 5.75. The van der Waals surface area contributed by atoms with Crippen LogP contribution in [0.15, 0.2) is 24.3 Å². The Bertz CT molecular complexity index is 880. The van der Waals surface area contributed by atoms with Gasteiger partial charge in [0.25, 0.3) is 0 Å². The molecule has 0 unspecified atom stereocenters. The number of hydrogen-bond donors (Lipinski definition) is 3. The Morgan fingerprint density at radius 1 is 1.22 bits per heavy atom. The Labute approximate surface area is 215 Å². The number of nitrogens with zero attached hydrogens (tertiary/aromatic N) is 1. The molecule has 1 aliphatic carbocycles. The highest BCUT2D eigenvalue weighted by Gasteiger charge is 2.71. The van der Waals surface area contributed by atoms with Crippen LogP contribution in [0.25, 0.3) is 0 Å². The summed E-state index contributed by atoms with van der Waals surface area (Å²) >= 11 is 0. The van der Waals surface area contributed by atoms with Crippen molar-refractivity contribution < 1.29 is 23.8 Å². The van der Waals surface area contributed by atoms with E-state index in [1.54, 1.807) is 19.2 Å². The standard InChI is InChI=1S/C28H44FN3O4/c1-30-20-24(19-26(34)12-4-3-5-13-26)31-25(33)32-16-9-14-27(21-32)28(36-27,15-6-7-17-35-2)22-10-8-11-23(29)18-22/h8,10-11,18,24,30,34H,3-7,9,12-17,19-21H2,1-2H3,(H,31,33)/t24-,27+,28+/m0/s1. The number of ether oxygens (including phenoxy) is 2. The molecule has 1 saturated carbocycles. The third-order valence-electron chi connectivity index (χ3n) is 8.41. The molecule has 0 radical (unpaired) electrons. The lowest BCUT2D eigenvalue weighted by molar-refractivity contribution is -0.0115. The fraction of sp³-hybridized carbons (Fsp3) is 0.750. The number of hydrogen-bond acceptors (Lipinski definition) is 5. The van der Waals surface area contributed by atoms with Crippen LogP contribution in [0.2, 0.25) is 0 Å². The largest absolute Gasteiger partial charge is 0.390 e. The van der Waals surface area contributed by atoms with Crippen LogP contribution < -0.4 is 10.6 Å². The zero-order chi connectivity index (χ0) is 25.7. The molecule has 3 fully saturated rings. The van der Waals surface area contributed by atoms with Gasteiger partial charge < -0.3 is 30.1 Å². The van der Waals surface area contributed by atoms with Crippen LogP contribution in [0.5, 0.6) is 0 Å². The topological polar surface area (TPSA) is 86.4 Å². The number of piperidine rings is 1. The molecule has 36 heavy (non-hydrogen) atoms. The van der Waals surface area contributed by atoms with Crippen LogP contribution in [0.1, 0.15) is 76.2 Å². The first-order chi connectivity index (χ1) is 17.4. The fourth-order valence-corrected chi connectivity index (χ4v) is 6.58. The molecule has 1 aromatic carbocycles. The summed E-state index contributed by atoms with van der Waals surface area (Å²) in [5.74, 6) is -0.268. The number of nitrogens with one attached hydrogen (secondary N) is 2. The predicted molar refractivity (Wildman–Crippen MR) is 137 cm³/mol. The summed E-state index contributed by atoms with van der Waals surface area (Å²) in [6.45, 7) is 2.43. The van der Waals surface area contributed by atoms with Crippen LogP contribution in [0.3, 0.4) is 0 Å². The Hall–Kier alpha value is -1.74. The highest BCUT2D eigenvalue weighted by atomic mass is 19.1. The first-order valence-corrected chi connectivity index (χ1v) is 13.7. The maximum Gasteiger partial charge on any atom is 0.317 e. The van der Waals surface area contributed by atoms with Crippen LogP contribution in [0.4, 0.5) is 9.18 Å². The average molecular weight is 506 g/mol. The summed E-state index contributed by atoms with van der Waals surface area (Å²) in [6.07, 6.45) is 9.65. The van der Waals surface area contributed by atoms with Gasteiger partial charge in [0.2, 0.25) is 0 Å². The van der Waals surface area contributed by atoms with Crippen molar-refractivity contribution in [1.29, 1.82) is 0 Å². The fourth-order valence-electron chi connectivity index (χ4n) is 6.58. The van der Waals surface area contributed by atoms with Gasteiger partial charge in [-0.25, -0.2) is 9.18 Å². The third-order valence-corrected chi connectivity index (χ3v) is 8.41. The minimum Gasteiger partial charge on any atom is -0.390 e. The number of likely N-dealkylation sites (N-methyl/N-ethyl adjacent to an activating group) is 1. The summed E-state index contributed by atoms with van der Waals surface area (Å²) in [5, 5.41) is 17.4. The maximum absolute atomic E-state index is 14.2. The molecule has 1 aromatic rings. The molecule has 7 nitrogen and oxygen atoms in total. The first-order valence-electron chi connectivity index (χ1n) is 13.7. The van der Waals surface area contributed by atoms with Gasteiger partial charge >= 0.3 is 6.03 Å². The van der Waals surface area contributed by atoms with Gasteiger partial charge in [0.15, 0.2) is 0 Å². The smallest absolute Gasteiger partial charge is 0.317 e. The number of carbonyl (C=O) groups is 1. The number of methoxy groups -OCH3 is 1. The summed E-state index contributed by atoms with van der Waals surface area (Å²) in [7, 11) is 3.57. The number of rotatable bonds is 11. The monoisotopic (exact) mass is 505 g/mol. The lowest BCUT2D eigenvalue weighted by Crippen LogP contribution is -2.55. The maximum atomic E-state index is 14.2. The first kappa shape index (κ1) is 27.3. The van der Waals surface area contributed by atoms with E-state index in [1.807, 2.05) is 18.0 Å². The van der Waals surface area contributed by atoms with E-state index in [0.717, 1.165) is 63.4 Å². The summed E-state index contributed by atoms with van der Waals surface area (Å²) in [6, 6.07) is 6.46. The summed E-state index contributed by atoms with van der Waals surface area (Å²) in [5.41, 5.74) is -0.924. The second-order valence-corrected chi connectivity index (χ2v) is 11.1. The molecule has 202 valence electrons. The van der Waals surface area contributed by atoms with Gasteiger partial charge in [0.05, 0.1) is 12.1 Å². The number of carbonyl (C=O) groups excluding carboxylic acids is 1. The van der Waals surface area contributed by atoms with Crippen molar-refractivity contribution in [3.63, 3.8) is 0 Å². The van der Waals surface area contributed by atoms with Crippen LogP contribution in [-0.2, 0) is 15.1 Å². The molecule has 2 aliphatic heterocycles. The van der Waals surface area contributed by atoms with Gasteiger partial charge in [-0.3, -0.25) is 0 Å². The van der Waals surface area contributed by atoms with E-state index < -0.39 is 16.8 Å². The van der Waals surface area contributed by atoms with Gasteiger partial charge in [-0.2, -0.15) is 0 Å². The zero-order valence-corrected chi connectivity index (χ0v) is 22.0. The van der Waals surface area contributed by atoms with E-state index >= 15 is 0 Å². The quantitative estimate of drug-likeness (QED) is 0.312. The lowest BCUT2D eigenvalue weighted by atomic mass is 9.78. The molecule has 4 rings (SSSR count). The van der Waals surface area contributed by atoms with E-state index in [0.29, 0.717) is 32.7 Å². The van der Waals surface area contributed by atoms with Gasteiger partial charge in [-0.05, 0) is 76.1 Å². The molecule has 2 amide bonds. The number of amides is 2. The second-order valence-electron chi connectivity index (χ2n) is 11.1. The van der Waals surface area contributed by atoms with Crippen molar-refractivity contribution in [3.05, 3.63) is 35.6 Å². The molecule has 8 heteroatoms. The Kier molecular flexibility index (Phi) is 8.92. The molecule has 1 spiro atoms. The molecule has 0 bridgehead atoms. The van der Waals surface area contributed by atoms with Crippen molar-refractivity contribution in [3.8, 4) is 0 Å². The van der Waals surface area contributed by atoms with E-state index in [-0.39, 0.29) is 17.9 Å². The Morgan fingerprint density at radius 2 is 2.03 bits per heavy atom. The molecule has 3 N–H and O–H groups in total. The number of urea groups is 1. The van der Waals surface area contributed by atoms with Crippen LogP contribution in [0, 0.1) is 5.82 Å². The van der Waals surface area contributed by atoms with Gasteiger partial charge in [0.1, 0.15) is 17.0 Å². The van der Waals surface area contributed by atoms with Gasteiger partial charge in [-0.1, -0.05) is 31.4 Å². The zero-order valence-electron chi connectivity index (χ0n) is 22.0. The van der Waals surface area contributed by atoms with Crippen molar-refractivity contribution in [2.45, 2.75) is 93.5 Å². The third kappa shape index (κ3) is 6.04. The number of halogens is 1. The molecule has 3 atom stereocenters. The summed E-state index contributed by atoms with van der Waals surface area (Å²) < 4.78 is 26.0. The van der Waals surface area contributed by atoms with Crippen LogP contribution in [-0.4, -0.2) is 73.7 Å². The molecular formula is C28H44FN3O4. The lowest BCUT2D eigenvalue weighted by Gasteiger charge is -2.37. The molecule has 2 saturated heterocycles. The molecule has 0 aromatic heterocycles. The summed E-state index contributed by atoms with van der Waals surface area (Å²) in [4.78, 5) is 15.3. The van der Waals surface area contributed by atoms with E-state index in [2.05, 4.69) is 10.6 Å². The number of aliphatic hydroxyl groups is 1. The van der Waals surface area contributed by atoms with Crippen molar-refractivity contribution in [2.75, 3.05) is 40.4 Å². The van der Waals surface area contributed by atoms with Crippen molar-refractivity contribution >= 4 is 6.03 Å². The minimum atomic E-state index is -0.704. The number of benzene rings is 1. The minimum absolute atomic E-state index is 0.114. The van der Waals surface area contributed by atoms with Crippen LogP contribution >= 0.6 is 0 Å². The predicted octanol–water partition coefficient (Wildman–Crippen LogP) is 4.09. The van der Waals surface area contributed by atoms with E-state index in [9.17, 15) is 14.3 Å². The normalized spacial score (nSPS) is 28.2. The molecular weight excluding hydrogens is 461 g/mol. The number of unbranched alkanes of at least 4 members (excludes halogenated alkanes) is 1. The van der Waals surface area contributed by atoms with Gasteiger partial charge in [-0.15, -0.1) is 0 Å². The second kappa shape index (κ2) is 11.8. The number of likely N-dealkylation sites (tertiary alicyclic amines) is 1. The SMILES string of the molecule is CNC[C@H](CC1(O)CCCCC1)NC(=O)N1CCC[C@]2(C1)O[C@]2(CCCCOC)c1cccc(F)c1. The highest BCUT2D eigenvalue weighted by Crippen LogP contribution is 2.62. The Balaban J connectivity index is 1.44. The van der Waals surface area contributed by atoms with Gasteiger partial charge in [0, 0.05) is 32.8 Å².